The molecule has 0 atom stereocenters. The van der Waals surface area contributed by atoms with Crippen LogP contribution in [-0.4, -0.2) is 60.5 Å². The first-order valence-corrected chi connectivity index (χ1v) is 10.8. The number of carbonyl (C=O) groups excluding carboxylic acids is 2. The van der Waals surface area contributed by atoms with E-state index in [9.17, 15) is 9.59 Å². The van der Waals surface area contributed by atoms with Crippen LogP contribution in [0.3, 0.4) is 0 Å². The summed E-state index contributed by atoms with van der Waals surface area (Å²) in [4.78, 5) is 28.7. The summed E-state index contributed by atoms with van der Waals surface area (Å²) in [6.45, 7) is 4.60. The van der Waals surface area contributed by atoms with Crippen LogP contribution in [0.1, 0.15) is 43.2 Å². The molecule has 2 aliphatic heterocycles. The van der Waals surface area contributed by atoms with E-state index in [-0.39, 0.29) is 24.3 Å². The maximum Gasteiger partial charge on any atom is 0.317 e. The Hall–Kier alpha value is -1.79. The Morgan fingerprint density at radius 1 is 0.966 bits per heavy atom. The van der Waals surface area contributed by atoms with Gasteiger partial charge in [-0.15, -0.1) is 12.4 Å². The Balaban J connectivity index is 0.00000240. The first-order chi connectivity index (χ1) is 13.7. The second-order valence-corrected chi connectivity index (χ2v) is 8.43. The second kappa shape index (κ2) is 10.3. The molecule has 0 spiro atoms. The smallest absolute Gasteiger partial charge is 0.317 e. The molecule has 0 aromatic heterocycles. The monoisotopic (exact) mass is 420 g/mol. The highest BCUT2D eigenvalue weighted by molar-refractivity contribution is 5.85. The van der Waals surface area contributed by atoms with Gasteiger partial charge in [0.15, 0.2) is 0 Å². The molecular formula is C22H33ClN4O2. The van der Waals surface area contributed by atoms with Crippen LogP contribution in [0.5, 0.6) is 0 Å². The maximum absolute atomic E-state index is 12.4. The van der Waals surface area contributed by atoms with Crippen molar-refractivity contribution < 1.29 is 9.59 Å². The quantitative estimate of drug-likeness (QED) is 0.743. The zero-order valence-corrected chi connectivity index (χ0v) is 17.9. The molecule has 29 heavy (non-hydrogen) atoms. The zero-order valence-electron chi connectivity index (χ0n) is 17.1. The SMILES string of the molecule is Cl.O=C(CCNC(=O)N1CCc2ccccc2C1)N1CCC(NCC2CC2)CC1. The van der Waals surface area contributed by atoms with Crippen LogP contribution >= 0.6 is 12.4 Å². The first kappa shape index (κ1) is 21.9. The first-order valence-electron chi connectivity index (χ1n) is 10.8. The van der Waals surface area contributed by atoms with Gasteiger partial charge in [-0.05, 0) is 55.7 Å². The van der Waals surface area contributed by atoms with Crippen molar-refractivity contribution in [3.63, 3.8) is 0 Å². The van der Waals surface area contributed by atoms with Crippen molar-refractivity contribution in [2.24, 2.45) is 5.92 Å². The van der Waals surface area contributed by atoms with E-state index in [0.29, 0.717) is 25.6 Å². The Labute approximate surface area is 179 Å². The summed E-state index contributed by atoms with van der Waals surface area (Å²) in [6.07, 6.45) is 6.11. The fourth-order valence-electron chi connectivity index (χ4n) is 4.20. The van der Waals surface area contributed by atoms with E-state index >= 15 is 0 Å². The summed E-state index contributed by atoms with van der Waals surface area (Å²) >= 11 is 0. The van der Waals surface area contributed by atoms with Gasteiger partial charge in [0.05, 0.1) is 0 Å². The van der Waals surface area contributed by atoms with Gasteiger partial charge in [-0.1, -0.05) is 24.3 Å². The lowest BCUT2D eigenvalue weighted by Gasteiger charge is -2.33. The van der Waals surface area contributed by atoms with Crippen LogP contribution in [0.25, 0.3) is 0 Å². The average Bonchev–Trinajstić information content (AvgIpc) is 3.56. The van der Waals surface area contributed by atoms with Gasteiger partial charge < -0.3 is 20.4 Å². The van der Waals surface area contributed by atoms with Crippen molar-refractivity contribution in [2.75, 3.05) is 32.7 Å². The molecule has 2 N–H and O–H groups in total. The molecule has 6 nitrogen and oxygen atoms in total. The summed E-state index contributed by atoms with van der Waals surface area (Å²) in [5, 5.41) is 6.57. The number of hydrogen-bond donors (Lipinski definition) is 2. The molecule has 7 heteroatoms. The van der Waals surface area contributed by atoms with Crippen molar-refractivity contribution in [1.29, 1.82) is 0 Å². The van der Waals surface area contributed by atoms with E-state index in [1.165, 1.54) is 24.0 Å². The molecule has 0 unspecified atom stereocenters. The third kappa shape index (κ3) is 6.09. The number of piperidine rings is 1. The highest BCUT2D eigenvalue weighted by Gasteiger charge is 2.26. The second-order valence-electron chi connectivity index (χ2n) is 8.43. The van der Waals surface area contributed by atoms with Crippen LogP contribution in [0.15, 0.2) is 24.3 Å². The molecule has 1 saturated carbocycles. The van der Waals surface area contributed by atoms with Crippen molar-refractivity contribution in [2.45, 2.75) is 51.1 Å². The molecule has 1 saturated heterocycles. The van der Waals surface area contributed by atoms with Crippen molar-refractivity contribution >= 4 is 24.3 Å². The minimum absolute atomic E-state index is 0. The zero-order chi connectivity index (χ0) is 19.3. The number of likely N-dealkylation sites (tertiary alicyclic amines) is 1. The van der Waals surface area contributed by atoms with E-state index in [2.05, 4.69) is 22.8 Å². The van der Waals surface area contributed by atoms with E-state index in [1.807, 2.05) is 21.9 Å². The van der Waals surface area contributed by atoms with Gasteiger partial charge in [-0.3, -0.25) is 4.79 Å². The molecule has 0 bridgehead atoms. The third-order valence-corrected chi connectivity index (χ3v) is 6.27. The van der Waals surface area contributed by atoms with E-state index in [1.54, 1.807) is 0 Å². The largest absolute Gasteiger partial charge is 0.343 e. The minimum atomic E-state index is -0.0645. The molecular weight excluding hydrogens is 388 g/mol. The summed E-state index contributed by atoms with van der Waals surface area (Å²) in [5.41, 5.74) is 2.55. The van der Waals surface area contributed by atoms with Gasteiger partial charge in [-0.2, -0.15) is 0 Å². The van der Waals surface area contributed by atoms with Crippen LogP contribution in [0.4, 0.5) is 4.79 Å². The highest BCUT2D eigenvalue weighted by Crippen LogP contribution is 2.28. The van der Waals surface area contributed by atoms with E-state index in [4.69, 9.17) is 0 Å². The van der Waals surface area contributed by atoms with Crippen LogP contribution in [-0.2, 0) is 17.8 Å². The number of benzene rings is 1. The molecule has 1 aromatic rings. The van der Waals surface area contributed by atoms with Gasteiger partial charge >= 0.3 is 6.03 Å². The number of carbonyl (C=O) groups is 2. The lowest BCUT2D eigenvalue weighted by molar-refractivity contribution is -0.132. The predicted molar refractivity (Wildman–Crippen MR) is 116 cm³/mol. The normalized spacial score (nSPS) is 19.3. The van der Waals surface area contributed by atoms with Gasteiger partial charge in [0.1, 0.15) is 0 Å². The number of nitrogens with one attached hydrogen (secondary N) is 2. The molecule has 1 aromatic carbocycles. The van der Waals surface area contributed by atoms with Crippen LogP contribution < -0.4 is 10.6 Å². The Bertz CT molecular complexity index is 702. The van der Waals surface area contributed by atoms with Crippen LogP contribution in [0, 0.1) is 5.92 Å². The predicted octanol–water partition coefficient (Wildman–Crippen LogP) is 2.56. The Morgan fingerprint density at radius 3 is 2.41 bits per heavy atom. The van der Waals surface area contributed by atoms with E-state index in [0.717, 1.165) is 51.4 Å². The molecule has 4 rings (SSSR count). The topological polar surface area (TPSA) is 64.7 Å². The summed E-state index contributed by atoms with van der Waals surface area (Å²) in [7, 11) is 0. The Morgan fingerprint density at radius 2 is 1.69 bits per heavy atom. The number of rotatable bonds is 6. The molecule has 3 aliphatic rings. The number of halogens is 1. The summed E-state index contributed by atoms with van der Waals surface area (Å²) in [6, 6.07) is 8.78. The van der Waals surface area contributed by atoms with Crippen molar-refractivity contribution in [3.05, 3.63) is 35.4 Å². The fourth-order valence-corrected chi connectivity index (χ4v) is 4.20. The number of nitrogens with zero attached hydrogens (tertiary/aromatic N) is 2. The molecule has 0 radical (unpaired) electrons. The molecule has 2 heterocycles. The van der Waals surface area contributed by atoms with Crippen molar-refractivity contribution in [3.8, 4) is 0 Å². The molecule has 160 valence electrons. The van der Waals surface area contributed by atoms with Crippen LogP contribution in [0.2, 0.25) is 0 Å². The van der Waals surface area contributed by atoms with Gasteiger partial charge in [0.25, 0.3) is 0 Å². The maximum atomic E-state index is 12.4. The van der Waals surface area contributed by atoms with Gasteiger partial charge in [-0.25, -0.2) is 4.79 Å². The van der Waals surface area contributed by atoms with Gasteiger partial charge in [0.2, 0.25) is 5.91 Å². The van der Waals surface area contributed by atoms with Gasteiger partial charge in [0, 0.05) is 45.2 Å². The number of amides is 3. The average molecular weight is 421 g/mol. The third-order valence-electron chi connectivity index (χ3n) is 6.27. The summed E-state index contributed by atoms with van der Waals surface area (Å²) in [5.74, 6) is 1.06. The highest BCUT2D eigenvalue weighted by atomic mass is 35.5. The minimum Gasteiger partial charge on any atom is -0.343 e. The van der Waals surface area contributed by atoms with Crippen molar-refractivity contribution in [1.82, 2.24) is 20.4 Å². The molecule has 2 fully saturated rings. The molecule has 1 aliphatic carbocycles. The fraction of sp³-hybridized carbons (Fsp3) is 0.636. The standard InChI is InChI=1S/C22H32N4O2.ClH/c27-21(25-13-9-20(10-14-25)24-15-17-5-6-17)7-11-23-22(28)26-12-8-18-3-1-2-4-19(18)16-26;/h1-4,17,20,24H,5-16H2,(H,23,28);1H. The lowest BCUT2D eigenvalue weighted by Crippen LogP contribution is -2.47. The summed E-state index contributed by atoms with van der Waals surface area (Å²) < 4.78 is 0. The number of urea groups is 1. The Kier molecular flexibility index (Phi) is 7.78. The number of fused-ring (bicyclic) bond motifs is 1. The lowest BCUT2D eigenvalue weighted by atomic mass is 10.0. The number of hydrogen-bond acceptors (Lipinski definition) is 3. The van der Waals surface area contributed by atoms with E-state index < -0.39 is 0 Å². The molecule has 3 amide bonds.